The molecule has 14 aromatic rings. The quantitative estimate of drug-likeness (QED) is 0.0154. The summed E-state index contributed by atoms with van der Waals surface area (Å²) in [5, 5.41) is 10.5. The Kier molecular flexibility index (Phi) is 63.1. The van der Waals surface area contributed by atoms with Gasteiger partial charge in [0, 0.05) is 72.1 Å². The molecule has 0 heterocycles. The summed E-state index contributed by atoms with van der Waals surface area (Å²) < 4.78 is 65.3. The minimum atomic E-state index is -0.578. The van der Waals surface area contributed by atoms with Gasteiger partial charge >= 0.3 is 0 Å². The van der Waals surface area contributed by atoms with Gasteiger partial charge in [-0.3, -0.25) is 10.1 Å². The molecular weight excluding hydrogens is 1740 g/mol. The van der Waals surface area contributed by atoms with Crippen LogP contribution in [0.15, 0.2) is 389 Å². The molecule has 0 unspecified atom stereocenters. The lowest BCUT2D eigenvalue weighted by molar-refractivity contribution is -0.385. The molecular formula is C125H155NO14. The van der Waals surface area contributed by atoms with Crippen LogP contribution in [0.2, 0.25) is 0 Å². The van der Waals surface area contributed by atoms with Crippen LogP contribution in [0, 0.1) is 44.7 Å². The maximum absolute atomic E-state index is 10.5. The zero-order chi connectivity index (χ0) is 101. The zero-order valence-electron chi connectivity index (χ0n) is 85.9. The fourth-order valence-corrected chi connectivity index (χ4v) is 13.7. The van der Waals surface area contributed by atoms with Crippen molar-refractivity contribution in [2.75, 3.05) is 92.5 Å². The lowest BCUT2D eigenvalue weighted by Gasteiger charge is -2.35. The van der Waals surface area contributed by atoms with Gasteiger partial charge in [-0.25, -0.2) is 0 Å². The third-order valence-corrected chi connectivity index (χ3v) is 21.2. The second-order valence-corrected chi connectivity index (χ2v) is 32.0. The smallest absolute Gasteiger partial charge is 0.274 e. The third kappa shape index (κ3) is 47.6. The van der Waals surface area contributed by atoms with Gasteiger partial charge in [-0.2, -0.15) is 0 Å². The van der Waals surface area contributed by atoms with Gasteiger partial charge in [0.25, 0.3) is 5.69 Å². The molecule has 0 spiro atoms. The number of nitrogens with zero attached hydrogens (tertiary/aromatic N) is 1. The summed E-state index contributed by atoms with van der Waals surface area (Å²) in [5.41, 5.74) is 22.7. The fourth-order valence-electron chi connectivity index (χ4n) is 13.7. The lowest BCUT2D eigenvalue weighted by atomic mass is 9.80. The van der Waals surface area contributed by atoms with Crippen LogP contribution in [0.4, 0.5) is 5.69 Å². The fraction of sp³-hybridized carbons (Fsp3) is 0.312. The van der Waals surface area contributed by atoms with E-state index in [1.54, 1.807) is 18.2 Å². The van der Waals surface area contributed by atoms with E-state index in [4.69, 9.17) is 56.8 Å². The van der Waals surface area contributed by atoms with Crippen LogP contribution >= 0.6 is 0 Å². The summed E-state index contributed by atoms with van der Waals surface area (Å²) in [6.45, 7) is 49.3. The molecule has 0 amide bonds. The molecule has 15 heteroatoms. The minimum Gasteiger partial charge on any atom is -0.379 e. The molecule has 0 aliphatic heterocycles. The Labute approximate surface area is 839 Å². The molecule has 0 saturated carbocycles. The van der Waals surface area contributed by atoms with Crippen molar-refractivity contribution >= 4 is 11.8 Å². The molecule has 0 aromatic heterocycles. The van der Waals surface area contributed by atoms with E-state index < -0.39 is 16.1 Å². The van der Waals surface area contributed by atoms with Crippen LogP contribution in [-0.4, -0.2) is 97.4 Å². The summed E-state index contributed by atoms with van der Waals surface area (Å²) in [6.07, 6.45) is 1.84. The van der Waals surface area contributed by atoms with E-state index in [9.17, 15) is 10.1 Å². The Morgan fingerprint density at radius 3 is 0.671 bits per heavy atom. The Bertz CT molecular complexity index is 5080. The van der Waals surface area contributed by atoms with Crippen molar-refractivity contribution in [2.24, 2.45) is 0 Å². The van der Waals surface area contributed by atoms with Gasteiger partial charge in [-0.05, 0) is 188 Å². The predicted molar refractivity (Wildman–Crippen MR) is 578 cm³/mol. The maximum atomic E-state index is 10.5. The van der Waals surface area contributed by atoms with Crippen molar-refractivity contribution in [1.29, 1.82) is 0 Å². The van der Waals surface area contributed by atoms with E-state index in [1.807, 2.05) is 147 Å². The van der Waals surface area contributed by atoms with Crippen LogP contribution in [0.5, 0.6) is 0 Å². The van der Waals surface area contributed by atoms with Crippen molar-refractivity contribution in [1.82, 2.24) is 0 Å². The second-order valence-electron chi connectivity index (χ2n) is 32.0. The van der Waals surface area contributed by atoms with Crippen LogP contribution in [0.25, 0.3) is 6.08 Å². The molecule has 0 N–H and O–H groups in total. The van der Waals surface area contributed by atoms with E-state index in [0.29, 0.717) is 78.2 Å². The highest BCUT2D eigenvalue weighted by Gasteiger charge is 2.38. The van der Waals surface area contributed by atoms with Crippen LogP contribution < -0.4 is 0 Å². The number of nitro benzene ring substituents is 1. The third-order valence-electron chi connectivity index (χ3n) is 21.2. The van der Waals surface area contributed by atoms with Crippen molar-refractivity contribution in [3.8, 4) is 0 Å². The molecule has 744 valence electrons. The number of hydrogen-bond acceptors (Lipinski definition) is 14. The Morgan fingerprint density at radius 1 is 0.229 bits per heavy atom. The summed E-state index contributed by atoms with van der Waals surface area (Å²) >= 11 is 0. The highest BCUT2D eigenvalue weighted by molar-refractivity contribution is 5.51. The van der Waals surface area contributed by atoms with Crippen LogP contribution in [0.1, 0.15) is 181 Å². The van der Waals surface area contributed by atoms with Crippen molar-refractivity contribution in [3.05, 3.63) is 510 Å². The lowest BCUT2D eigenvalue weighted by Crippen LogP contribution is -2.32. The first-order valence-corrected chi connectivity index (χ1v) is 49.1. The van der Waals surface area contributed by atoms with Crippen LogP contribution in [-0.2, 0) is 121 Å². The molecule has 0 atom stereocenters. The summed E-state index contributed by atoms with van der Waals surface area (Å²) in [4.78, 5) is 10.1. The van der Waals surface area contributed by atoms with Crippen molar-refractivity contribution in [2.45, 2.75) is 168 Å². The molecule has 140 heavy (non-hydrogen) atoms. The SMILES string of the molecule is C=Cc1ccc(COCC)cc1.CCOC(c1ccccc1)(c1ccccc1)c1ccc(C)cc1.CCOC(c1ccccc1)(c1ccccc1)c1ccccc1.CCOCCOCc1ccc(C)cc1.CCOCCOCc1ccccc1.CCOCc1ccc(C)cc1.CCOCc1ccc(C)cc1.CCOCc1ccc(C)cc1.CCOCc1ccccc1.CCOCc1ccccc1[N+](=O)[O-]. The monoisotopic (exact) mass is 1890 g/mol. The number of hydrogen-bond donors (Lipinski definition) is 0. The molecule has 0 aliphatic carbocycles. The topological polar surface area (TPSA) is 154 Å². The number of ether oxygens (including phenoxy) is 12. The highest BCUT2D eigenvalue weighted by Crippen LogP contribution is 2.42. The Hall–Kier alpha value is -12.3. The highest BCUT2D eigenvalue weighted by atomic mass is 16.6. The van der Waals surface area contributed by atoms with Crippen molar-refractivity contribution in [3.63, 3.8) is 0 Å². The van der Waals surface area contributed by atoms with Gasteiger partial charge in [0.05, 0.1) is 89.8 Å². The minimum absolute atomic E-state index is 0.121. The standard InChI is InChI=1S/C22H22O.C21H20O.C12H18O2.C11H16O2.C11H14O.3C10H14O.C9H11NO3.C9H12O/c1-3-23-22(19-10-6-4-7-11-19,20-12-8-5-9-13-20)21-16-14-18(2)15-17-21;1-2-22-21(18-12-6-3-7-13-18,19-14-8-4-9-15-19)20-16-10-5-11-17-20;1-3-13-8-9-14-10-12-6-4-11(2)5-7-12;1-2-12-8-9-13-10-11-6-4-3-5-7-11;1-3-10-5-7-11(8-6-10)9-12-4-2;3*1-3-11-8-10-6-4-9(2)5-7-10;1-2-13-7-8-5-3-4-6-9(8)10(11)12;1-2-10-8-9-6-4-3-5-7-9/h4-17H,3H2,1-2H3;3-17H,2H2,1H3;4-7H,3,8-10H2,1-2H3;3-7H,2,8-10H2,1H3;3,5-8H,1,4,9H2,2H3;3*4-7H,3,8H2,1-2H3;3-6H,2,7H2,1H3;3-7H,2,8H2,1H3. The average Bonchev–Trinajstić information content (AvgIpc) is 0.761. The predicted octanol–water partition coefficient (Wildman–Crippen LogP) is 29.9. The molecule has 0 saturated heterocycles. The van der Waals surface area contributed by atoms with E-state index in [1.165, 1.54) is 72.8 Å². The maximum Gasteiger partial charge on any atom is 0.274 e. The van der Waals surface area contributed by atoms with E-state index in [2.05, 4.69) is 327 Å². The number of rotatable bonds is 42. The van der Waals surface area contributed by atoms with E-state index in [-0.39, 0.29) is 5.69 Å². The number of benzene rings is 14. The molecule has 15 nitrogen and oxygen atoms in total. The molecule has 14 rings (SSSR count). The van der Waals surface area contributed by atoms with Gasteiger partial charge in [0.1, 0.15) is 11.2 Å². The molecule has 14 aromatic carbocycles. The van der Waals surface area contributed by atoms with E-state index in [0.717, 1.165) is 112 Å². The number of para-hydroxylation sites is 1. The molecule has 0 radical (unpaired) electrons. The summed E-state index contributed by atoms with van der Waals surface area (Å²) in [6, 6.07) is 130. The second kappa shape index (κ2) is 74.7. The molecule has 0 bridgehead atoms. The van der Waals surface area contributed by atoms with Gasteiger partial charge in [-0.1, -0.05) is 411 Å². The first-order chi connectivity index (χ1) is 68.4. The van der Waals surface area contributed by atoms with Gasteiger partial charge in [0.2, 0.25) is 0 Å². The van der Waals surface area contributed by atoms with Crippen molar-refractivity contribution < 1.29 is 61.8 Å². The van der Waals surface area contributed by atoms with E-state index >= 15 is 0 Å². The van der Waals surface area contributed by atoms with Gasteiger partial charge < -0.3 is 56.8 Å². The normalized spacial score (nSPS) is 10.4. The number of nitro groups is 1. The Morgan fingerprint density at radius 2 is 0.429 bits per heavy atom. The van der Waals surface area contributed by atoms with Crippen LogP contribution in [0.3, 0.4) is 0 Å². The first-order valence-electron chi connectivity index (χ1n) is 49.1. The zero-order valence-corrected chi connectivity index (χ0v) is 85.9. The first kappa shape index (κ1) is 118. The molecule has 0 fully saturated rings. The number of aryl methyl sites for hydroxylation is 5. The summed E-state index contributed by atoms with van der Waals surface area (Å²) in [7, 11) is 0. The van der Waals surface area contributed by atoms with Gasteiger partial charge in [-0.15, -0.1) is 0 Å². The average molecular weight is 1900 g/mol. The largest absolute Gasteiger partial charge is 0.379 e. The summed E-state index contributed by atoms with van der Waals surface area (Å²) in [5.74, 6) is 0. The molecule has 0 aliphatic rings. The van der Waals surface area contributed by atoms with Gasteiger partial charge in [0.15, 0.2) is 0 Å². The Balaban J connectivity index is 0.000000278.